The maximum absolute atomic E-state index is 3.57. The Hall–Kier alpha value is -0.820. The number of aryl methyl sites for hydroxylation is 1. The topological polar surface area (TPSA) is 12.0 Å². The molecule has 84 valence electrons. The van der Waals surface area contributed by atoms with Crippen LogP contribution in [-0.2, 0) is 13.0 Å². The van der Waals surface area contributed by atoms with E-state index in [9.17, 15) is 0 Å². The maximum Gasteiger partial charge on any atom is 0.0210 e. The number of nitrogens with one attached hydrogen (secondary N) is 1. The Morgan fingerprint density at radius 1 is 1.13 bits per heavy atom. The van der Waals surface area contributed by atoms with Crippen molar-refractivity contribution in [1.29, 1.82) is 0 Å². The van der Waals surface area contributed by atoms with Crippen LogP contribution in [0, 0.1) is 0 Å². The smallest absolute Gasteiger partial charge is 0.0210 e. The summed E-state index contributed by atoms with van der Waals surface area (Å²) in [6.45, 7) is 7.72. The van der Waals surface area contributed by atoms with Gasteiger partial charge in [-0.05, 0) is 30.9 Å². The highest BCUT2D eigenvalue weighted by Gasteiger charge is 2.02. The SMILES string of the molecule is CCCC(C)NCc1ccccc1CC. The van der Waals surface area contributed by atoms with E-state index in [1.54, 1.807) is 0 Å². The van der Waals surface area contributed by atoms with Gasteiger partial charge in [0, 0.05) is 12.6 Å². The average molecular weight is 205 g/mol. The van der Waals surface area contributed by atoms with Crippen molar-refractivity contribution in [3.05, 3.63) is 35.4 Å². The van der Waals surface area contributed by atoms with E-state index in [2.05, 4.69) is 50.4 Å². The van der Waals surface area contributed by atoms with Crippen LogP contribution in [0.25, 0.3) is 0 Å². The molecule has 0 heterocycles. The highest BCUT2D eigenvalue weighted by molar-refractivity contribution is 5.26. The van der Waals surface area contributed by atoms with Gasteiger partial charge in [0.25, 0.3) is 0 Å². The number of benzene rings is 1. The molecule has 1 heteroatoms. The first kappa shape index (κ1) is 12.3. The van der Waals surface area contributed by atoms with Crippen LogP contribution in [0.2, 0.25) is 0 Å². The molecular weight excluding hydrogens is 182 g/mol. The molecule has 0 saturated heterocycles. The Kier molecular flexibility index (Phi) is 5.41. The third-order valence-corrected chi connectivity index (χ3v) is 2.86. The largest absolute Gasteiger partial charge is 0.310 e. The standard InChI is InChI=1S/C14H23N/c1-4-8-12(3)15-11-14-10-7-6-9-13(14)5-2/h6-7,9-10,12,15H,4-5,8,11H2,1-3H3. The minimum absolute atomic E-state index is 0.625. The molecular formula is C14H23N. The highest BCUT2D eigenvalue weighted by Crippen LogP contribution is 2.09. The zero-order chi connectivity index (χ0) is 11.1. The molecule has 1 unspecified atom stereocenters. The van der Waals surface area contributed by atoms with Gasteiger partial charge >= 0.3 is 0 Å². The second-order valence-electron chi connectivity index (χ2n) is 4.19. The van der Waals surface area contributed by atoms with Crippen molar-refractivity contribution in [3.8, 4) is 0 Å². The molecule has 0 aliphatic rings. The van der Waals surface area contributed by atoms with Crippen molar-refractivity contribution in [2.24, 2.45) is 0 Å². The van der Waals surface area contributed by atoms with Crippen molar-refractivity contribution in [3.63, 3.8) is 0 Å². The van der Waals surface area contributed by atoms with Gasteiger partial charge in [-0.15, -0.1) is 0 Å². The molecule has 1 atom stereocenters. The van der Waals surface area contributed by atoms with Crippen LogP contribution in [-0.4, -0.2) is 6.04 Å². The zero-order valence-corrected chi connectivity index (χ0v) is 10.2. The molecule has 1 rings (SSSR count). The summed E-state index contributed by atoms with van der Waals surface area (Å²) in [5.74, 6) is 0. The van der Waals surface area contributed by atoms with E-state index in [0.29, 0.717) is 6.04 Å². The van der Waals surface area contributed by atoms with Crippen molar-refractivity contribution < 1.29 is 0 Å². The van der Waals surface area contributed by atoms with Crippen LogP contribution < -0.4 is 5.32 Å². The van der Waals surface area contributed by atoms with E-state index in [0.717, 1.165) is 13.0 Å². The molecule has 1 N–H and O–H groups in total. The average Bonchev–Trinajstić information content (AvgIpc) is 2.27. The normalized spacial score (nSPS) is 12.7. The lowest BCUT2D eigenvalue weighted by Gasteiger charge is -2.14. The van der Waals surface area contributed by atoms with Crippen LogP contribution in [0.3, 0.4) is 0 Å². The highest BCUT2D eigenvalue weighted by atomic mass is 14.9. The third kappa shape index (κ3) is 4.05. The monoisotopic (exact) mass is 205 g/mol. The van der Waals surface area contributed by atoms with Crippen LogP contribution in [0.1, 0.15) is 44.7 Å². The minimum Gasteiger partial charge on any atom is -0.310 e. The third-order valence-electron chi connectivity index (χ3n) is 2.86. The van der Waals surface area contributed by atoms with E-state index >= 15 is 0 Å². The first-order valence-corrected chi connectivity index (χ1v) is 6.08. The number of hydrogen-bond donors (Lipinski definition) is 1. The fraction of sp³-hybridized carbons (Fsp3) is 0.571. The lowest BCUT2D eigenvalue weighted by Crippen LogP contribution is -2.25. The number of hydrogen-bond acceptors (Lipinski definition) is 1. The van der Waals surface area contributed by atoms with E-state index in [1.807, 2.05) is 0 Å². The van der Waals surface area contributed by atoms with E-state index in [-0.39, 0.29) is 0 Å². The summed E-state index contributed by atoms with van der Waals surface area (Å²) in [6.07, 6.45) is 3.64. The van der Waals surface area contributed by atoms with Crippen LogP contribution in [0.4, 0.5) is 0 Å². The molecule has 1 aromatic carbocycles. The van der Waals surface area contributed by atoms with Crippen LogP contribution >= 0.6 is 0 Å². The zero-order valence-electron chi connectivity index (χ0n) is 10.2. The van der Waals surface area contributed by atoms with Gasteiger partial charge in [0.1, 0.15) is 0 Å². The summed E-state index contributed by atoms with van der Waals surface area (Å²) in [4.78, 5) is 0. The first-order valence-electron chi connectivity index (χ1n) is 6.08. The van der Waals surface area contributed by atoms with E-state index in [1.165, 1.54) is 24.0 Å². The Labute approximate surface area is 93.9 Å². The van der Waals surface area contributed by atoms with Crippen LogP contribution in [0.5, 0.6) is 0 Å². The van der Waals surface area contributed by atoms with Gasteiger partial charge in [-0.3, -0.25) is 0 Å². The molecule has 0 bridgehead atoms. The molecule has 1 aromatic rings. The molecule has 0 aromatic heterocycles. The molecule has 0 fully saturated rings. The Balaban J connectivity index is 2.49. The molecule has 0 radical (unpaired) electrons. The predicted octanol–water partition coefficient (Wildman–Crippen LogP) is 3.53. The molecule has 0 aliphatic carbocycles. The van der Waals surface area contributed by atoms with Crippen molar-refractivity contribution in [2.75, 3.05) is 0 Å². The molecule has 0 amide bonds. The van der Waals surface area contributed by atoms with Gasteiger partial charge in [0.15, 0.2) is 0 Å². The summed E-state index contributed by atoms with van der Waals surface area (Å²) in [7, 11) is 0. The molecule has 15 heavy (non-hydrogen) atoms. The Morgan fingerprint density at radius 2 is 1.80 bits per heavy atom. The lowest BCUT2D eigenvalue weighted by atomic mass is 10.0. The summed E-state index contributed by atoms with van der Waals surface area (Å²) in [5.41, 5.74) is 2.91. The Bertz CT molecular complexity index is 280. The van der Waals surface area contributed by atoms with E-state index in [4.69, 9.17) is 0 Å². The quantitative estimate of drug-likeness (QED) is 0.749. The second kappa shape index (κ2) is 6.62. The fourth-order valence-electron chi connectivity index (χ4n) is 1.89. The van der Waals surface area contributed by atoms with Crippen molar-refractivity contribution >= 4 is 0 Å². The first-order chi connectivity index (χ1) is 7.27. The summed E-state index contributed by atoms with van der Waals surface area (Å²) in [6, 6.07) is 9.32. The van der Waals surface area contributed by atoms with Crippen molar-refractivity contribution in [1.82, 2.24) is 5.32 Å². The molecule has 0 spiro atoms. The minimum atomic E-state index is 0.625. The molecule has 0 saturated carbocycles. The number of rotatable bonds is 6. The van der Waals surface area contributed by atoms with Gasteiger partial charge in [0.2, 0.25) is 0 Å². The van der Waals surface area contributed by atoms with Gasteiger partial charge in [-0.25, -0.2) is 0 Å². The molecule has 1 nitrogen and oxygen atoms in total. The predicted molar refractivity (Wildman–Crippen MR) is 67.0 cm³/mol. The second-order valence-corrected chi connectivity index (χ2v) is 4.19. The maximum atomic E-state index is 3.57. The van der Waals surface area contributed by atoms with Gasteiger partial charge in [-0.1, -0.05) is 44.5 Å². The summed E-state index contributed by atoms with van der Waals surface area (Å²) in [5, 5.41) is 3.57. The van der Waals surface area contributed by atoms with Gasteiger partial charge < -0.3 is 5.32 Å². The van der Waals surface area contributed by atoms with E-state index < -0.39 is 0 Å². The lowest BCUT2D eigenvalue weighted by molar-refractivity contribution is 0.507. The fourth-order valence-corrected chi connectivity index (χ4v) is 1.89. The summed E-state index contributed by atoms with van der Waals surface area (Å²) >= 11 is 0. The van der Waals surface area contributed by atoms with Crippen LogP contribution in [0.15, 0.2) is 24.3 Å². The van der Waals surface area contributed by atoms with Gasteiger partial charge in [-0.2, -0.15) is 0 Å². The van der Waals surface area contributed by atoms with Gasteiger partial charge in [0.05, 0.1) is 0 Å². The Morgan fingerprint density at radius 3 is 2.40 bits per heavy atom. The summed E-state index contributed by atoms with van der Waals surface area (Å²) < 4.78 is 0. The van der Waals surface area contributed by atoms with Crippen molar-refractivity contribution in [2.45, 2.75) is 52.6 Å². The molecule has 0 aliphatic heterocycles.